The van der Waals surface area contributed by atoms with Gasteiger partial charge < -0.3 is 18.8 Å². The van der Waals surface area contributed by atoms with Gasteiger partial charge in [-0.15, -0.1) is 0 Å². The van der Waals surface area contributed by atoms with Gasteiger partial charge in [0.25, 0.3) is 0 Å². The van der Waals surface area contributed by atoms with Crippen molar-refractivity contribution >= 4 is 28.5 Å². The van der Waals surface area contributed by atoms with E-state index in [9.17, 15) is 9.59 Å². The highest BCUT2D eigenvalue weighted by atomic mass is 35.5. The lowest BCUT2D eigenvalue weighted by atomic mass is 9.98. The van der Waals surface area contributed by atoms with E-state index in [0.717, 1.165) is 56.3 Å². The summed E-state index contributed by atoms with van der Waals surface area (Å²) in [7, 11) is 0. The molecule has 0 saturated carbocycles. The van der Waals surface area contributed by atoms with E-state index in [2.05, 4.69) is 21.9 Å². The van der Waals surface area contributed by atoms with Gasteiger partial charge in [0, 0.05) is 62.2 Å². The molecule has 0 spiro atoms. The molecule has 0 bridgehead atoms. The van der Waals surface area contributed by atoms with Crippen LogP contribution in [-0.4, -0.2) is 61.7 Å². The molecule has 2 heterocycles. The molecular formula is C33H35ClN2O5. The van der Waals surface area contributed by atoms with Gasteiger partial charge >= 0.3 is 11.6 Å². The predicted molar refractivity (Wildman–Crippen MR) is 161 cm³/mol. The standard InChI is InChI=1S/C33H35ClN2O5/c1-2-39-33(38)31-28-14-13-27(22-30(28)41-32(37)29(31)21-24-7-4-3-5-8-24)40-20-6-15-35-16-18-36(19-17-35)23-25-9-11-26(34)12-10-25/h3-5,7-14,22H,2,6,15-21,23H2,1H3. The third-order valence-electron chi connectivity index (χ3n) is 7.35. The second-order valence-electron chi connectivity index (χ2n) is 10.2. The van der Waals surface area contributed by atoms with Gasteiger partial charge in [0.2, 0.25) is 0 Å². The van der Waals surface area contributed by atoms with Crippen LogP contribution in [0.3, 0.4) is 0 Å². The van der Waals surface area contributed by atoms with Crippen molar-refractivity contribution in [2.24, 2.45) is 0 Å². The minimum absolute atomic E-state index is 0.212. The first-order chi connectivity index (χ1) is 20.0. The number of benzene rings is 3. The molecule has 0 atom stereocenters. The van der Waals surface area contributed by atoms with E-state index in [0.29, 0.717) is 28.9 Å². The van der Waals surface area contributed by atoms with Crippen molar-refractivity contribution in [3.63, 3.8) is 0 Å². The molecule has 0 unspecified atom stereocenters. The Hall–Kier alpha value is -3.65. The Kier molecular flexibility index (Phi) is 9.72. The number of ether oxygens (including phenoxy) is 2. The summed E-state index contributed by atoms with van der Waals surface area (Å²) in [6.07, 6.45) is 1.16. The lowest BCUT2D eigenvalue weighted by molar-refractivity contribution is 0.0526. The van der Waals surface area contributed by atoms with Crippen LogP contribution in [0.15, 0.2) is 82.0 Å². The summed E-state index contributed by atoms with van der Waals surface area (Å²) in [6, 6.07) is 22.9. The van der Waals surface area contributed by atoms with E-state index in [1.807, 2.05) is 48.5 Å². The Bertz CT molecular complexity index is 1510. The van der Waals surface area contributed by atoms with E-state index >= 15 is 0 Å². The summed E-state index contributed by atoms with van der Waals surface area (Å²) >= 11 is 6.00. The molecule has 1 saturated heterocycles. The highest BCUT2D eigenvalue weighted by Crippen LogP contribution is 2.27. The fourth-order valence-corrected chi connectivity index (χ4v) is 5.33. The van der Waals surface area contributed by atoms with Crippen LogP contribution in [0.2, 0.25) is 5.02 Å². The highest BCUT2D eigenvalue weighted by molar-refractivity contribution is 6.30. The zero-order chi connectivity index (χ0) is 28.6. The quantitative estimate of drug-likeness (QED) is 0.127. The summed E-state index contributed by atoms with van der Waals surface area (Å²) in [5.41, 5.74) is 2.51. The average Bonchev–Trinajstić information content (AvgIpc) is 2.98. The van der Waals surface area contributed by atoms with Crippen molar-refractivity contribution in [3.8, 4) is 5.75 Å². The number of rotatable bonds is 11. The fraction of sp³-hybridized carbons (Fsp3) is 0.333. The first kappa shape index (κ1) is 28.9. The summed E-state index contributed by atoms with van der Waals surface area (Å²) in [5.74, 6) is 0.0670. The van der Waals surface area contributed by atoms with Crippen LogP contribution in [0.1, 0.15) is 40.4 Å². The maximum Gasteiger partial charge on any atom is 0.340 e. The molecule has 214 valence electrons. The molecule has 41 heavy (non-hydrogen) atoms. The zero-order valence-electron chi connectivity index (χ0n) is 23.3. The molecule has 4 aromatic rings. The van der Waals surface area contributed by atoms with Crippen molar-refractivity contribution < 1.29 is 18.7 Å². The van der Waals surface area contributed by atoms with Crippen LogP contribution in [-0.2, 0) is 17.7 Å². The largest absolute Gasteiger partial charge is 0.493 e. The minimum Gasteiger partial charge on any atom is -0.493 e. The first-order valence-corrected chi connectivity index (χ1v) is 14.5. The van der Waals surface area contributed by atoms with Gasteiger partial charge in [-0.05, 0) is 48.7 Å². The van der Waals surface area contributed by atoms with E-state index in [1.165, 1.54) is 5.56 Å². The lowest BCUT2D eigenvalue weighted by Crippen LogP contribution is -2.46. The topological polar surface area (TPSA) is 72.2 Å². The number of hydrogen-bond donors (Lipinski definition) is 0. The predicted octanol–water partition coefficient (Wildman–Crippen LogP) is 5.80. The van der Waals surface area contributed by atoms with E-state index < -0.39 is 11.6 Å². The Morgan fingerprint density at radius 3 is 2.39 bits per heavy atom. The van der Waals surface area contributed by atoms with Crippen molar-refractivity contribution in [1.82, 2.24) is 9.80 Å². The molecule has 7 nitrogen and oxygen atoms in total. The number of esters is 1. The SMILES string of the molecule is CCOC(=O)c1c(Cc2ccccc2)c(=O)oc2cc(OCCCN3CCN(Cc4ccc(Cl)cc4)CC3)ccc12. The number of nitrogens with zero attached hydrogens (tertiary/aromatic N) is 2. The van der Waals surface area contributed by atoms with Crippen molar-refractivity contribution in [3.05, 3.63) is 110 Å². The molecule has 3 aromatic carbocycles. The van der Waals surface area contributed by atoms with Crippen LogP contribution in [0.25, 0.3) is 11.0 Å². The molecule has 1 fully saturated rings. The minimum atomic E-state index is -0.545. The maximum atomic E-state index is 13.0. The summed E-state index contributed by atoms with van der Waals surface area (Å²) in [5, 5.41) is 1.31. The molecule has 1 aliphatic heterocycles. The molecule has 0 aliphatic carbocycles. The molecule has 0 N–H and O–H groups in total. The smallest absolute Gasteiger partial charge is 0.340 e. The Morgan fingerprint density at radius 2 is 1.66 bits per heavy atom. The average molecular weight is 575 g/mol. The number of hydrogen-bond acceptors (Lipinski definition) is 7. The Labute approximate surface area is 245 Å². The molecule has 0 amide bonds. The van der Waals surface area contributed by atoms with Crippen LogP contribution in [0, 0.1) is 0 Å². The third kappa shape index (κ3) is 7.55. The summed E-state index contributed by atoms with van der Waals surface area (Å²) in [4.78, 5) is 30.9. The normalized spacial score (nSPS) is 14.3. The van der Waals surface area contributed by atoms with E-state index in [4.69, 9.17) is 25.5 Å². The molecule has 1 aliphatic rings. The van der Waals surface area contributed by atoms with Crippen LogP contribution >= 0.6 is 11.6 Å². The van der Waals surface area contributed by atoms with Gasteiger partial charge in [0.15, 0.2) is 0 Å². The van der Waals surface area contributed by atoms with Gasteiger partial charge in [-0.3, -0.25) is 4.90 Å². The van der Waals surface area contributed by atoms with Gasteiger partial charge in [0.1, 0.15) is 11.3 Å². The fourth-order valence-electron chi connectivity index (χ4n) is 5.20. The van der Waals surface area contributed by atoms with Crippen molar-refractivity contribution in [2.45, 2.75) is 26.3 Å². The lowest BCUT2D eigenvalue weighted by Gasteiger charge is -2.34. The number of halogens is 1. The Morgan fingerprint density at radius 1 is 0.927 bits per heavy atom. The van der Waals surface area contributed by atoms with Crippen LogP contribution in [0.4, 0.5) is 0 Å². The number of carbonyl (C=O) groups excluding carboxylic acids is 1. The Balaban J connectivity index is 1.18. The van der Waals surface area contributed by atoms with Crippen molar-refractivity contribution in [2.75, 3.05) is 45.9 Å². The molecule has 8 heteroatoms. The number of piperazine rings is 1. The van der Waals surface area contributed by atoms with Gasteiger partial charge in [-0.2, -0.15) is 0 Å². The maximum absolute atomic E-state index is 13.0. The second-order valence-corrected chi connectivity index (χ2v) is 10.7. The highest BCUT2D eigenvalue weighted by Gasteiger charge is 2.23. The second kappa shape index (κ2) is 13.8. The van der Waals surface area contributed by atoms with Crippen LogP contribution in [0.5, 0.6) is 5.75 Å². The molecule has 1 aromatic heterocycles. The van der Waals surface area contributed by atoms with E-state index in [1.54, 1.807) is 19.1 Å². The summed E-state index contributed by atoms with van der Waals surface area (Å²) < 4.78 is 17.0. The summed E-state index contributed by atoms with van der Waals surface area (Å²) in [6.45, 7) is 8.50. The number of carbonyl (C=O) groups is 1. The van der Waals surface area contributed by atoms with Crippen LogP contribution < -0.4 is 10.4 Å². The van der Waals surface area contributed by atoms with Gasteiger partial charge in [-0.25, -0.2) is 9.59 Å². The first-order valence-electron chi connectivity index (χ1n) is 14.1. The van der Waals surface area contributed by atoms with Gasteiger partial charge in [-0.1, -0.05) is 54.1 Å². The van der Waals surface area contributed by atoms with Gasteiger partial charge in [0.05, 0.1) is 24.3 Å². The van der Waals surface area contributed by atoms with E-state index in [-0.39, 0.29) is 18.6 Å². The molecule has 5 rings (SSSR count). The molecule has 0 radical (unpaired) electrons. The number of fused-ring (bicyclic) bond motifs is 1. The van der Waals surface area contributed by atoms with Crippen molar-refractivity contribution in [1.29, 1.82) is 0 Å². The zero-order valence-corrected chi connectivity index (χ0v) is 24.1. The molecular weight excluding hydrogens is 540 g/mol. The third-order valence-corrected chi connectivity index (χ3v) is 7.60. The monoisotopic (exact) mass is 574 g/mol.